The van der Waals surface area contributed by atoms with Crippen molar-refractivity contribution < 1.29 is 9.84 Å². The number of rotatable bonds is 5. The summed E-state index contributed by atoms with van der Waals surface area (Å²) in [4.78, 5) is 11.6. The van der Waals surface area contributed by atoms with Crippen LogP contribution in [0.5, 0.6) is 11.5 Å². The normalized spacial score (nSPS) is 10.8. The molecule has 6 heteroatoms. The number of hydrogen-bond donors (Lipinski definition) is 3. The average Bonchev–Trinajstić information content (AvgIpc) is 3.14. The monoisotopic (exact) mass is 332 g/mol. The van der Waals surface area contributed by atoms with Crippen molar-refractivity contribution >= 4 is 22.5 Å². The fraction of sp³-hybridized carbons (Fsp3) is 0.0526. The summed E-state index contributed by atoms with van der Waals surface area (Å²) in [7, 11) is 0. The molecule has 4 aromatic rings. The van der Waals surface area contributed by atoms with Gasteiger partial charge in [0.15, 0.2) is 5.82 Å². The third-order valence-electron chi connectivity index (χ3n) is 3.81. The van der Waals surface area contributed by atoms with Crippen molar-refractivity contribution in [1.82, 2.24) is 15.0 Å². The number of nitrogens with zero attached hydrogens (tertiary/aromatic N) is 2. The number of anilines is 2. The van der Waals surface area contributed by atoms with Crippen molar-refractivity contribution in [2.45, 2.75) is 6.61 Å². The number of nitrogens with one attached hydrogen (secondary N) is 2. The molecule has 0 radical (unpaired) electrons. The van der Waals surface area contributed by atoms with Crippen molar-refractivity contribution in [2.75, 3.05) is 5.32 Å². The summed E-state index contributed by atoms with van der Waals surface area (Å²) < 4.78 is 5.84. The van der Waals surface area contributed by atoms with Gasteiger partial charge in [-0.05, 0) is 36.4 Å². The summed E-state index contributed by atoms with van der Waals surface area (Å²) >= 11 is 0. The van der Waals surface area contributed by atoms with Crippen molar-refractivity contribution in [3.8, 4) is 11.5 Å². The second-order valence-corrected chi connectivity index (χ2v) is 5.48. The Balaban J connectivity index is 1.62. The van der Waals surface area contributed by atoms with E-state index in [0.717, 1.165) is 22.5 Å². The van der Waals surface area contributed by atoms with Crippen LogP contribution in [0.15, 0.2) is 67.1 Å². The van der Waals surface area contributed by atoms with Crippen LogP contribution in [-0.4, -0.2) is 20.1 Å². The molecule has 2 heterocycles. The number of ether oxygens (including phenoxy) is 1. The summed E-state index contributed by atoms with van der Waals surface area (Å²) in [5, 5.41) is 12.9. The predicted molar refractivity (Wildman–Crippen MR) is 96.1 cm³/mol. The lowest BCUT2D eigenvalue weighted by molar-refractivity contribution is 0.276. The van der Waals surface area contributed by atoms with Crippen LogP contribution in [-0.2, 0) is 6.61 Å². The van der Waals surface area contributed by atoms with E-state index in [4.69, 9.17) is 4.74 Å². The number of aliphatic hydroxyl groups is 1. The molecule has 0 saturated carbocycles. The second kappa shape index (κ2) is 6.62. The van der Waals surface area contributed by atoms with Gasteiger partial charge in [0, 0.05) is 17.4 Å². The zero-order valence-electron chi connectivity index (χ0n) is 13.3. The molecule has 0 atom stereocenters. The molecule has 4 rings (SSSR count). The second-order valence-electron chi connectivity index (χ2n) is 5.48. The minimum atomic E-state index is -0.126. The highest BCUT2D eigenvalue weighted by atomic mass is 16.5. The number of fused-ring (bicyclic) bond motifs is 1. The highest BCUT2D eigenvalue weighted by Gasteiger charge is 2.09. The highest BCUT2D eigenvalue weighted by Crippen LogP contribution is 2.29. The molecule has 3 N–H and O–H groups in total. The first kappa shape index (κ1) is 15.2. The fourth-order valence-corrected chi connectivity index (χ4v) is 2.60. The first-order valence-corrected chi connectivity index (χ1v) is 7.85. The maximum atomic E-state index is 9.69. The van der Waals surface area contributed by atoms with Crippen LogP contribution < -0.4 is 10.1 Å². The maximum absolute atomic E-state index is 9.69. The van der Waals surface area contributed by atoms with E-state index in [9.17, 15) is 5.11 Å². The van der Waals surface area contributed by atoms with Gasteiger partial charge in [-0.1, -0.05) is 18.2 Å². The standard InChI is InChI=1S/C19H16N4O2/c24-11-13-10-14(6-7-17(13)25-15-4-2-1-3-5-15)23-19-18-16(8-9-20-18)21-12-22-19/h1-10,12,20,24H,11H2,(H,21,22,23). The van der Waals surface area contributed by atoms with E-state index >= 15 is 0 Å². The molecule has 0 saturated heterocycles. The summed E-state index contributed by atoms with van der Waals surface area (Å²) in [6.45, 7) is -0.126. The Morgan fingerprint density at radius 1 is 1.04 bits per heavy atom. The molecule has 2 aromatic carbocycles. The van der Waals surface area contributed by atoms with E-state index in [-0.39, 0.29) is 6.61 Å². The van der Waals surface area contributed by atoms with E-state index in [0.29, 0.717) is 17.1 Å². The molecule has 0 aliphatic heterocycles. The number of aromatic nitrogens is 3. The molecule has 0 aliphatic carbocycles. The molecule has 2 aromatic heterocycles. The van der Waals surface area contributed by atoms with Crippen molar-refractivity contribution in [2.24, 2.45) is 0 Å². The number of benzene rings is 2. The first-order chi connectivity index (χ1) is 12.3. The molecule has 6 nitrogen and oxygen atoms in total. The zero-order valence-corrected chi connectivity index (χ0v) is 13.3. The van der Waals surface area contributed by atoms with Gasteiger partial charge in [-0.15, -0.1) is 0 Å². The van der Waals surface area contributed by atoms with Crippen LogP contribution in [0.4, 0.5) is 11.5 Å². The summed E-state index contributed by atoms with van der Waals surface area (Å²) in [5.74, 6) is 2.02. The Morgan fingerprint density at radius 3 is 2.76 bits per heavy atom. The Bertz CT molecular complexity index is 999. The highest BCUT2D eigenvalue weighted by molar-refractivity contribution is 5.87. The van der Waals surface area contributed by atoms with Gasteiger partial charge in [0.05, 0.1) is 12.1 Å². The summed E-state index contributed by atoms with van der Waals surface area (Å²) in [5.41, 5.74) is 3.16. The number of H-pyrrole nitrogens is 1. The number of aromatic amines is 1. The predicted octanol–water partition coefficient (Wildman–Crippen LogP) is 3.99. The lowest BCUT2D eigenvalue weighted by Crippen LogP contribution is -1.98. The third kappa shape index (κ3) is 3.15. The van der Waals surface area contributed by atoms with E-state index in [1.807, 2.05) is 60.8 Å². The van der Waals surface area contributed by atoms with Gasteiger partial charge >= 0.3 is 0 Å². The molecular weight excluding hydrogens is 316 g/mol. The number of para-hydroxylation sites is 1. The number of hydrogen-bond acceptors (Lipinski definition) is 5. The van der Waals surface area contributed by atoms with Crippen LogP contribution in [0, 0.1) is 0 Å². The van der Waals surface area contributed by atoms with Gasteiger partial charge in [0.1, 0.15) is 23.3 Å². The number of aliphatic hydroxyl groups excluding tert-OH is 1. The Labute approximate surface area is 144 Å². The lowest BCUT2D eigenvalue weighted by Gasteiger charge is -2.12. The molecule has 0 unspecified atom stereocenters. The third-order valence-corrected chi connectivity index (χ3v) is 3.81. The van der Waals surface area contributed by atoms with Gasteiger partial charge in [0.2, 0.25) is 0 Å². The van der Waals surface area contributed by atoms with E-state index in [1.54, 1.807) is 0 Å². The Hall–Kier alpha value is -3.38. The van der Waals surface area contributed by atoms with Gasteiger partial charge < -0.3 is 20.1 Å². The molecule has 124 valence electrons. The van der Waals surface area contributed by atoms with Crippen molar-refractivity contribution in [3.63, 3.8) is 0 Å². The van der Waals surface area contributed by atoms with Crippen molar-refractivity contribution in [3.05, 3.63) is 72.7 Å². The van der Waals surface area contributed by atoms with Crippen molar-refractivity contribution in [1.29, 1.82) is 0 Å². The topological polar surface area (TPSA) is 83.1 Å². The molecule has 0 bridgehead atoms. The zero-order chi connectivity index (χ0) is 17.1. The largest absolute Gasteiger partial charge is 0.457 e. The minimum Gasteiger partial charge on any atom is -0.457 e. The van der Waals surface area contributed by atoms with E-state index in [2.05, 4.69) is 20.3 Å². The smallest absolute Gasteiger partial charge is 0.158 e. The Kier molecular flexibility index (Phi) is 4.02. The molecule has 0 amide bonds. The van der Waals surface area contributed by atoms with Crippen LogP contribution in [0.25, 0.3) is 11.0 Å². The maximum Gasteiger partial charge on any atom is 0.158 e. The fourth-order valence-electron chi connectivity index (χ4n) is 2.60. The van der Waals surface area contributed by atoms with Crippen LogP contribution in [0.2, 0.25) is 0 Å². The SMILES string of the molecule is OCc1cc(Nc2ncnc3cc[nH]c23)ccc1Oc1ccccc1. The molecule has 0 spiro atoms. The average molecular weight is 332 g/mol. The van der Waals surface area contributed by atoms with E-state index < -0.39 is 0 Å². The van der Waals surface area contributed by atoms with E-state index in [1.165, 1.54) is 6.33 Å². The quantitative estimate of drug-likeness (QED) is 0.515. The minimum absolute atomic E-state index is 0.126. The van der Waals surface area contributed by atoms with Crippen LogP contribution in [0.3, 0.4) is 0 Å². The first-order valence-electron chi connectivity index (χ1n) is 7.85. The van der Waals surface area contributed by atoms with Crippen LogP contribution >= 0.6 is 0 Å². The van der Waals surface area contributed by atoms with Gasteiger partial charge in [-0.25, -0.2) is 9.97 Å². The van der Waals surface area contributed by atoms with Gasteiger partial charge in [0.25, 0.3) is 0 Å². The summed E-state index contributed by atoms with van der Waals surface area (Å²) in [6.07, 6.45) is 3.33. The van der Waals surface area contributed by atoms with Gasteiger partial charge in [-0.2, -0.15) is 0 Å². The van der Waals surface area contributed by atoms with Crippen LogP contribution in [0.1, 0.15) is 5.56 Å². The molecule has 0 fully saturated rings. The van der Waals surface area contributed by atoms with Gasteiger partial charge in [-0.3, -0.25) is 0 Å². The lowest BCUT2D eigenvalue weighted by atomic mass is 10.2. The molecular formula is C19H16N4O2. The summed E-state index contributed by atoms with van der Waals surface area (Å²) in [6, 6.07) is 16.9. The Morgan fingerprint density at radius 2 is 1.92 bits per heavy atom. The molecule has 25 heavy (non-hydrogen) atoms. The molecule has 0 aliphatic rings.